The molecule has 0 aromatic heterocycles. The van der Waals surface area contributed by atoms with Crippen LogP contribution in [0.4, 0.5) is 5.69 Å². The van der Waals surface area contributed by atoms with Gasteiger partial charge in [-0.15, -0.1) is 0 Å². The SMILES string of the molecule is COc1cccc(NC2CCC3C(=O)NC(CSC4CCOCC4)NC3C2)c1. The van der Waals surface area contributed by atoms with Gasteiger partial charge in [0.1, 0.15) is 5.75 Å². The Morgan fingerprint density at radius 2 is 2.11 bits per heavy atom. The number of benzene rings is 1. The Kier molecular flexibility index (Phi) is 6.65. The zero-order chi connectivity index (χ0) is 19.3. The number of hydrogen-bond donors (Lipinski definition) is 3. The molecule has 2 aliphatic heterocycles. The van der Waals surface area contributed by atoms with Gasteiger partial charge in [0, 0.05) is 48.1 Å². The highest BCUT2D eigenvalue weighted by molar-refractivity contribution is 7.99. The number of thioether (sulfide) groups is 1. The average molecular weight is 406 g/mol. The van der Waals surface area contributed by atoms with Crippen molar-refractivity contribution in [3.63, 3.8) is 0 Å². The Morgan fingerprint density at radius 1 is 1.25 bits per heavy atom. The predicted octanol–water partition coefficient (Wildman–Crippen LogP) is 2.60. The second-order valence-electron chi connectivity index (χ2n) is 7.97. The van der Waals surface area contributed by atoms with E-state index >= 15 is 0 Å². The summed E-state index contributed by atoms with van der Waals surface area (Å²) in [5.74, 6) is 2.10. The maximum atomic E-state index is 12.6. The van der Waals surface area contributed by atoms with Crippen molar-refractivity contribution in [3.8, 4) is 5.75 Å². The van der Waals surface area contributed by atoms with Gasteiger partial charge in [0.15, 0.2) is 0 Å². The molecule has 4 rings (SSSR count). The van der Waals surface area contributed by atoms with Crippen LogP contribution < -0.4 is 20.7 Å². The Hall–Kier alpha value is -1.44. The molecule has 28 heavy (non-hydrogen) atoms. The summed E-state index contributed by atoms with van der Waals surface area (Å²) in [6, 6.07) is 8.67. The number of carbonyl (C=O) groups excluding carboxylic acids is 1. The number of nitrogens with one attached hydrogen (secondary N) is 3. The molecule has 6 nitrogen and oxygen atoms in total. The summed E-state index contributed by atoms with van der Waals surface area (Å²) in [6.07, 6.45) is 5.19. The first kappa shape index (κ1) is 19.9. The van der Waals surface area contributed by atoms with Crippen LogP contribution in [0, 0.1) is 5.92 Å². The molecule has 0 spiro atoms. The number of hydrogen-bond acceptors (Lipinski definition) is 6. The molecule has 154 valence electrons. The summed E-state index contributed by atoms with van der Waals surface area (Å²) in [5.41, 5.74) is 1.08. The van der Waals surface area contributed by atoms with E-state index in [4.69, 9.17) is 9.47 Å². The van der Waals surface area contributed by atoms with Crippen molar-refractivity contribution in [2.45, 2.75) is 55.6 Å². The molecule has 4 unspecified atom stereocenters. The number of methoxy groups -OCH3 is 1. The smallest absolute Gasteiger partial charge is 0.225 e. The zero-order valence-electron chi connectivity index (χ0n) is 16.5. The molecular weight excluding hydrogens is 374 g/mol. The van der Waals surface area contributed by atoms with Gasteiger partial charge in [-0.05, 0) is 44.2 Å². The van der Waals surface area contributed by atoms with Crippen molar-refractivity contribution in [2.24, 2.45) is 5.92 Å². The number of fused-ring (bicyclic) bond motifs is 1. The molecule has 3 aliphatic rings. The Morgan fingerprint density at radius 3 is 2.93 bits per heavy atom. The van der Waals surface area contributed by atoms with Gasteiger partial charge in [0.2, 0.25) is 5.91 Å². The molecule has 3 fully saturated rings. The molecule has 1 aliphatic carbocycles. The minimum Gasteiger partial charge on any atom is -0.497 e. The molecule has 7 heteroatoms. The van der Waals surface area contributed by atoms with Crippen LogP contribution in [-0.2, 0) is 9.53 Å². The molecule has 1 amide bonds. The van der Waals surface area contributed by atoms with Crippen LogP contribution in [0.1, 0.15) is 32.1 Å². The Bertz CT molecular complexity index is 668. The van der Waals surface area contributed by atoms with E-state index in [-0.39, 0.29) is 24.0 Å². The van der Waals surface area contributed by atoms with Crippen LogP contribution in [0.3, 0.4) is 0 Å². The largest absolute Gasteiger partial charge is 0.497 e. The fraction of sp³-hybridized carbons (Fsp3) is 0.667. The van der Waals surface area contributed by atoms with Crippen molar-refractivity contribution < 1.29 is 14.3 Å². The third kappa shape index (κ3) is 4.93. The number of amides is 1. The van der Waals surface area contributed by atoms with Gasteiger partial charge in [-0.2, -0.15) is 11.8 Å². The summed E-state index contributed by atoms with van der Waals surface area (Å²) >= 11 is 1.97. The van der Waals surface area contributed by atoms with E-state index in [0.29, 0.717) is 11.3 Å². The molecule has 2 saturated heterocycles. The lowest BCUT2D eigenvalue weighted by atomic mass is 9.79. The monoisotopic (exact) mass is 405 g/mol. The van der Waals surface area contributed by atoms with Gasteiger partial charge >= 0.3 is 0 Å². The van der Waals surface area contributed by atoms with Gasteiger partial charge in [-0.25, -0.2) is 0 Å². The molecule has 0 radical (unpaired) electrons. The van der Waals surface area contributed by atoms with E-state index in [1.54, 1.807) is 7.11 Å². The van der Waals surface area contributed by atoms with E-state index < -0.39 is 0 Å². The number of ether oxygens (including phenoxy) is 2. The maximum absolute atomic E-state index is 12.6. The summed E-state index contributed by atoms with van der Waals surface area (Å²) < 4.78 is 10.8. The van der Waals surface area contributed by atoms with Crippen molar-refractivity contribution in [2.75, 3.05) is 31.4 Å². The third-order valence-electron chi connectivity index (χ3n) is 6.03. The number of anilines is 1. The first-order valence-electron chi connectivity index (χ1n) is 10.4. The standard InChI is InChI=1S/C21H31N3O3S/c1-26-16-4-2-3-14(11-16)22-15-5-6-18-19(12-15)23-20(24-21(18)25)13-28-17-7-9-27-10-8-17/h2-4,11,15,17-20,22-23H,5-10,12-13H2,1H3,(H,24,25). The molecule has 3 N–H and O–H groups in total. The summed E-state index contributed by atoms with van der Waals surface area (Å²) in [4.78, 5) is 12.6. The van der Waals surface area contributed by atoms with E-state index in [2.05, 4.69) is 22.0 Å². The van der Waals surface area contributed by atoms with Crippen LogP contribution in [0.2, 0.25) is 0 Å². The molecule has 1 aromatic carbocycles. The van der Waals surface area contributed by atoms with Crippen LogP contribution in [-0.4, -0.2) is 55.5 Å². The van der Waals surface area contributed by atoms with E-state index in [1.807, 2.05) is 30.0 Å². The highest BCUT2D eigenvalue weighted by atomic mass is 32.2. The first-order chi connectivity index (χ1) is 13.7. The van der Waals surface area contributed by atoms with Crippen LogP contribution >= 0.6 is 11.8 Å². The van der Waals surface area contributed by atoms with Crippen LogP contribution in [0.25, 0.3) is 0 Å². The fourth-order valence-corrected chi connectivity index (χ4v) is 5.66. The fourth-order valence-electron chi connectivity index (χ4n) is 4.49. The second kappa shape index (κ2) is 9.37. The minimum absolute atomic E-state index is 0.0668. The highest BCUT2D eigenvalue weighted by Crippen LogP contribution is 2.31. The van der Waals surface area contributed by atoms with Gasteiger partial charge in [-0.3, -0.25) is 10.1 Å². The number of rotatable bonds is 6. The maximum Gasteiger partial charge on any atom is 0.225 e. The van der Waals surface area contributed by atoms with Crippen molar-refractivity contribution in [1.82, 2.24) is 10.6 Å². The quantitative estimate of drug-likeness (QED) is 0.676. The normalized spacial score (nSPS) is 31.0. The van der Waals surface area contributed by atoms with Gasteiger partial charge in [0.25, 0.3) is 0 Å². The topological polar surface area (TPSA) is 71.6 Å². The minimum atomic E-state index is 0.0668. The molecule has 4 atom stereocenters. The van der Waals surface area contributed by atoms with Gasteiger partial charge < -0.3 is 20.1 Å². The van der Waals surface area contributed by atoms with E-state index in [0.717, 1.165) is 62.5 Å². The third-order valence-corrected chi connectivity index (χ3v) is 7.49. The lowest BCUT2D eigenvalue weighted by Crippen LogP contribution is -2.64. The molecule has 0 bridgehead atoms. The van der Waals surface area contributed by atoms with Gasteiger partial charge in [-0.1, -0.05) is 6.07 Å². The average Bonchev–Trinajstić information content (AvgIpc) is 2.73. The Balaban J connectivity index is 1.31. The Labute approximate surface area is 171 Å². The van der Waals surface area contributed by atoms with E-state index in [9.17, 15) is 4.79 Å². The number of carbonyl (C=O) groups is 1. The lowest BCUT2D eigenvalue weighted by Gasteiger charge is -2.43. The van der Waals surface area contributed by atoms with Crippen molar-refractivity contribution in [1.29, 1.82) is 0 Å². The molecule has 1 aromatic rings. The molecular formula is C21H31N3O3S. The van der Waals surface area contributed by atoms with E-state index in [1.165, 1.54) is 0 Å². The molecule has 1 saturated carbocycles. The molecule has 2 heterocycles. The summed E-state index contributed by atoms with van der Waals surface area (Å²) in [7, 11) is 1.69. The predicted molar refractivity (Wildman–Crippen MR) is 113 cm³/mol. The van der Waals surface area contributed by atoms with Gasteiger partial charge in [0.05, 0.1) is 19.2 Å². The van der Waals surface area contributed by atoms with Crippen molar-refractivity contribution >= 4 is 23.4 Å². The highest BCUT2D eigenvalue weighted by Gasteiger charge is 2.40. The second-order valence-corrected chi connectivity index (χ2v) is 9.31. The zero-order valence-corrected chi connectivity index (χ0v) is 17.3. The van der Waals surface area contributed by atoms with Crippen LogP contribution in [0.5, 0.6) is 5.75 Å². The lowest BCUT2D eigenvalue weighted by molar-refractivity contribution is -0.130. The summed E-state index contributed by atoms with van der Waals surface area (Å²) in [6.45, 7) is 1.73. The van der Waals surface area contributed by atoms with Crippen LogP contribution in [0.15, 0.2) is 24.3 Å². The van der Waals surface area contributed by atoms with Crippen molar-refractivity contribution in [3.05, 3.63) is 24.3 Å². The first-order valence-corrected chi connectivity index (χ1v) is 11.4. The summed E-state index contributed by atoms with van der Waals surface area (Å²) in [5, 5.41) is 11.2.